The normalized spacial score (nSPS) is 16.9. The summed E-state index contributed by atoms with van der Waals surface area (Å²) in [5, 5.41) is 11.3. The summed E-state index contributed by atoms with van der Waals surface area (Å²) >= 11 is 0. The van der Waals surface area contributed by atoms with Crippen LogP contribution in [0.2, 0.25) is 0 Å². The highest BCUT2D eigenvalue weighted by Gasteiger charge is 2.45. The molecule has 1 saturated heterocycles. The van der Waals surface area contributed by atoms with Gasteiger partial charge in [-0.25, -0.2) is 0 Å². The van der Waals surface area contributed by atoms with Gasteiger partial charge >= 0.3 is 0 Å². The van der Waals surface area contributed by atoms with E-state index in [0.717, 1.165) is 16.7 Å². The van der Waals surface area contributed by atoms with Crippen molar-refractivity contribution in [3.8, 4) is 11.5 Å². The maximum absolute atomic E-state index is 13.2. The molecule has 0 aliphatic carbocycles. The van der Waals surface area contributed by atoms with Crippen LogP contribution in [0.4, 0.5) is 0 Å². The van der Waals surface area contributed by atoms with E-state index in [1.54, 1.807) is 43.5 Å². The summed E-state index contributed by atoms with van der Waals surface area (Å²) in [6, 6.07) is 21.4. The van der Waals surface area contributed by atoms with Crippen molar-refractivity contribution in [2.45, 2.75) is 19.6 Å². The van der Waals surface area contributed by atoms with Crippen LogP contribution in [0.3, 0.4) is 0 Å². The number of likely N-dealkylation sites (N-methyl/N-ethyl adjacent to an activating group) is 1. The van der Waals surface area contributed by atoms with Crippen molar-refractivity contribution < 1.29 is 24.2 Å². The molecule has 0 radical (unpaired) electrons. The number of likely N-dealkylation sites (tertiary alicyclic amines) is 1. The number of carbonyl (C=O) groups excluding carboxylic acids is 2. The minimum atomic E-state index is -0.705. The summed E-state index contributed by atoms with van der Waals surface area (Å²) in [5.41, 5.74) is 3.45. The summed E-state index contributed by atoms with van der Waals surface area (Å²) in [4.78, 5) is 29.7. The highest BCUT2D eigenvalue weighted by Crippen LogP contribution is 2.39. The molecule has 7 nitrogen and oxygen atoms in total. The second-order valence-corrected chi connectivity index (χ2v) is 9.37. The molecule has 1 amide bonds. The van der Waals surface area contributed by atoms with Crippen LogP contribution < -0.4 is 9.47 Å². The van der Waals surface area contributed by atoms with E-state index in [0.29, 0.717) is 36.8 Å². The van der Waals surface area contributed by atoms with Crippen LogP contribution in [0.5, 0.6) is 11.5 Å². The predicted molar refractivity (Wildman–Crippen MR) is 143 cm³/mol. The van der Waals surface area contributed by atoms with Crippen LogP contribution >= 0.6 is 0 Å². The van der Waals surface area contributed by atoms with Gasteiger partial charge in [0.1, 0.15) is 23.9 Å². The molecule has 4 rings (SSSR count). The zero-order valence-electron chi connectivity index (χ0n) is 21.6. The van der Waals surface area contributed by atoms with E-state index in [1.165, 1.54) is 4.90 Å². The molecule has 0 spiro atoms. The van der Waals surface area contributed by atoms with Gasteiger partial charge in [-0.3, -0.25) is 9.59 Å². The lowest BCUT2D eigenvalue weighted by molar-refractivity contribution is -0.140. The second kappa shape index (κ2) is 11.3. The lowest BCUT2D eigenvalue weighted by Crippen LogP contribution is -2.35. The molecule has 3 aromatic rings. The zero-order valence-corrected chi connectivity index (χ0v) is 21.6. The minimum Gasteiger partial charge on any atom is -0.507 e. The Morgan fingerprint density at radius 2 is 1.65 bits per heavy atom. The standard InChI is InChI=1S/C30H32N2O5/c1-20-6-5-7-21(18-20)19-37-25-14-10-23(11-15-25)28(33)26-27(22-8-12-24(36-4)13-9-22)32(17-16-31(2)3)30(35)29(26)34/h5-15,18,27,33H,16-17,19H2,1-4H3/t27-/m1/s1. The molecule has 192 valence electrons. The molecule has 0 aromatic heterocycles. The first-order chi connectivity index (χ1) is 17.8. The number of aliphatic hydroxyl groups excluding tert-OH is 1. The number of benzene rings is 3. The van der Waals surface area contributed by atoms with Gasteiger partial charge in [-0.2, -0.15) is 0 Å². The van der Waals surface area contributed by atoms with Crippen molar-refractivity contribution >= 4 is 17.4 Å². The Hall–Kier alpha value is -4.10. The van der Waals surface area contributed by atoms with E-state index in [1.807, 2.05) is 56.3 Å². The van der Waals surface area contributed by atoms with Gasteiger partial charge in [0.25, 0.3) is 11.7 Å². The van der Waals surface area contributed by atoms with Gasteiger partial charge in [-0.15, -0.1) is 0 Å². The van der Waals surface area contributed by atoms with Crippen LogP contribution in [0.15, 0.2) is 78.4 Å². The number of nitrogens with zero attached hydrogens (tertiary/aromatic N) is 2. The number of hydrogen-bond donors (Lipinski definition) is 1. The summed E-state index contributed by atoms with van der Waals surface area (Å²) in [6.07, 6.45) is 0. The minimum absolute atomic E-state index is 0.0716. The number of ketones is 1. The lowest BCUT2D eigenvalue weighted by atomic mass is 9.95. The average Bonchev–Trinajstić information content (AvgIpc) is 3.15. The largest absolute Gasteiger partial charge is 0.507 e. The molecule has 1 aliphatic rings. The van der Waals surface area contributed by atoms with Crippen LogP contribution in [-0.2, 0) is 16.2 Å². The van der Waals surface area contributed by atoms with Gasteiger partial charge in [0.05, 0.1) is 18.7 Å². The fourth-order valence-corrected chi connectivity index (χ4v) is 4.38. The zero-order chi connectivity index (χ0) is 26.5. The molecule has 0 saturated carbocycles. The highest BCUT2D eigenvalue weighted by molar-refractivity contribution is 6.46. The first-order valence-electron chi connectivity index (χ1n) is 12.1. The molecular formula is C30H32N2O5. The third-order valence-corrected chi connectivity index (χ3v) is 6.38. The van der Waals surface area contributed by atoms with Gasteiger partial charge in [-0.1, -0.05) is 42.0 Å². The maximum Gasteiger partial charge on any atom is 0.295 e. The van der Waals surface area contributed by atoms with E-state index >= 15 is 0 Å². The molecule has 3 aromatic carbocycles. The lowest BCUT2D eigenvalue weighted by Gasteiger charge is -2.26. The van der Waals surface area contributed by atoms with Crippen molar-refractivity contribution in [1.29, 1.82) is 0 Å². The van der Waals surface area contributed by atoms with Gasteiger partial charge < -0.3 is 24.4 Å². The Labute approximate surface area is 217 Å². The van der Waals surface area contributed by atoms with Crippen molar-refractivity contribution in [1.82, 2.24) is 9.80 Å². The molecular weight excluding hydrogens is 468 g/mol. The molecule has 0 unspecified atom stereocenters. The van der Waals surface area contributed by atoms with Gasteiger partial charge in [-0.05, 0) is 68.5 Å². The van der Waals surface area contributed by atoms with Crippen LogP contribution in [0.25, 0.3) is 5.76 Å². The molecule has 1 fully saturated rings. The fraction of sp³-hybridized carbons (Fsp3) is 0.267. The molecule has 7 heteroatoms. The van der Waals surface area contributed by atoms with E-state index in [4.69, 9.17) is 9.47 Å². The average molecular weight is 501 g/mol. The predicted octanol–water partition coefficient (Wildman–Crippen LogP) is 4.57. The van der Waals surface area contributed by atoms with Gasteiger partial charge in [0.2, 0.25) is 0 Å². The first-order valence-corrected chi connectivity index (χ1v) is 12.1. The Kier molecular flexibility index (Phi) is 7.94. The number of Topliss-reactive ketones (excluding diaryl/α,β-unsaturated/α-hetero) is 1. The third-order valence-electron chi connectivity index (χ3n) is 6.38. The number of hydrogen-bond acceptors (Lipinski definition) is 6. The molecule has 1 aliphatic heterocycles. The van der Waals surface area contributed by atoms with E-state index in [-0.39, 0.29) is 11.3 Å². The number of rotatable bonds is 9. The van der Waals surface area contributed by atoms with E-state index in [9.17, 15) is 14.7 Å². The van der Waals surface area contributed by atoms with Crippen molar-refractivity contribution in [2.24, 2.45) is 0 Å². The van der Waals surface area contributed by atoms with E-state index in [2.05, 4.69) is 6.07 Å². The molecule has 1 atom stereocenters. The number of ether oxygens (including phenoxy) is 2. The summed E-state index contributed by atoms with van der Waals surface area (Å²) in [6.45, 7) is 3.37. The molecule has 37 heavy (non-hydrogen) atoms. The Bertz CT molecular complexity index is 1300. The fourth-order valence-electron chi connectivity index (χ4n) is 4.38. The number of aliphatic hydroxyl groups is 1. The van der Waals surface area contributed by atoms with Crippen LogP contribution in [0.1, 0.15) is 28.3 Å². The number of carbonyl (C=O) groups is 2. The van der Waals surface area contributed by atoms with Crippen LogP contribution in [-0.4, -0.2) is 60.9 Å². The van der Waals surface area contributed by atoms with Crippen molar-refractivity contribution in [3.05, 3.63) is 101 Å². The van der Waals surface area contributed by atoms with Gasteiger partial charge in [0.15, 0.2) is 0 Å². The Balaban J connectivity index is 1.64. The van der Waals surface area contributed by atoms with Crippen LogP contribution in [0, 0.1) is 6.92 Å². The maximum atomic E-state index is 13.2. The van der Waals surface area contributed by atoms with Crippen molar-refractivity contribution in [2.75, 3.05) is 34.3 Å². The first kappa shape index (κ1) is 26.0. The van der Waals surface area contributed by atoms with Gasteiger partial charge in [0, 0.05) is 18.7 Å². The third kappa shape index (κ3) is 5.84. The smallest absolute Gasteiger partial charge is 0.295 e. The summed E-state index contributed by atoms with van der Waals surface area (Å²) in [7, 11) is 5.38. The second-order valence-electron chi connectivity index (χ2n) is 9.37. The van der Waals surface area contributed by atoms with E-state index < -0.39 is 17.7 Å². The Morgan fingerprint density at radius 1 is 0.973 bits per heavy atom. The summed E-state index contributed by atoms with van der Waals surface area (Å²) < 4.78 is 11.1. The number of methoxy groups -OCH3 is 1. The Morgan fingerprint density at radius 3 is 2.27 bits per heavy atom. The topological polar surface area (TPSA) is 79.3 Å². The molecule has 1 heterocycles. The number of aryl methyl sites for hydroxylation is 1. The van der Waals surface area contributed by atoms with Crippen molar-refractivity contribution in [3.63, 3.8) is 0 Å². The highest BCUT2D eigenvalue weighted by atomic mass is 16.5. The monoisotopic (exact) mass is 500 g/mol. The molecule has 0 bridgehead atoms. The summed E-state index contributed by atoms with van der Waals surface area (Å²) in [5.74, 6) is -0.234. The number of amides is 1. The molecule has 1 N–H and O–H groups in total. The quantitative estimate of drug-likeness (QED) is 0.264. The SMILES string of the molecule is COc1ccc([C@@H]2C(=C(O)c3ccc(OCc4cccc(C)c4)cc3)C(=O)C(=O)N2CCN(C)C)cc1.